The van der Waals surface area contributed by atoms with Crippen molar-refractivity contribution in [2.75, 3.05) is 33.9 Å². The molecule has 0 fully saturated rings. The van der Waals surface area contributed by atoms with E-state index in [9.17, 15) is 9.90 Å². The Bertz CT molecular complexity index is 433. The van der Waals surface area contributed by atoms with Crippen LogP contribution >= 0.6 is 0 Å². The SMILES string of the molecule is COCC(O)CN(C)C(=O)c1cnn(CCCN)c1C. The number of aromatic nitrogens is 2. The van der Waals surface area contributed by atoms with Gasteiger partial charge in [-0.3, -0.25) is 9.48 Å². The summed E-state index contributed by atoms with van der Waals surface area (Å²) in [4.78, 5) is 13.8. The number of hydrogen-bond donors (Lipinski definition) is 2. The van der Waals surface area contributed by atoms with Gasteiger partial charge in [0.15, 0.2) is 0 Å². The summed E-state index contributed by atoms with van der Waals surface area (Å²) in [5.41, 5.74) is 6.84. The number of nitrogens with zero attached hydrogens (tertiary/aromatic N) is 3. The molecule has 1 atom stereocenters. The summed E-state index contributed by atoms with van der Waals surface area (Å²) in [6, 6.07) is 0. The molecule has 1 aromatic rings. The monoisotopic (exact) mass is 284 g/mol. The first-order valence-corrected chi connectivity index (χ1v) is 6.66. The zero-order valence-electron chi connectivity index (χ0n) is 12.4. The number of ether oxygens (including phenoxy) is 1. The van der Waals surface area contributed by atoms with E-state index >= 15 is 0 Å². The predicted molar refractivity (Wildman–Crippen MR) is 75.5 cm³/mol. The highest BCUT2D eigenvalue weighted by molar-refractivity contribution is 5.94. The Kier molecular flexibility index (Phi) is 6.63. The van der Waals surface area contributed by atoms with E-state index in [1.165, 1.54) is 12.0 Å². The second-order valence-corrected chi connectivity index (χ2v) is 4.80. The molecule has 1 rings (SSSR count). The smallest absolute Gasteiger partial charge is 0.257 e. The molecule has 0 saturated carbocycles. The lowest BCUT2D eigenvalue weighted by molar-refractivity contribution is 0.0380. The average Bonchev–Trinajstić information content (AvgIpc) is 2.77. The molecule has 1 aromatic heterocycles. The summed E-state index contributed by atoms with van der Waals surface area (Å²) in [7, 11) is 3.16. The molecule has 1 heterocycles. The predicted octanol–water partition coefficient (Wildman–Crippen LogP) is -0.380. The topological polar surface area (TPSA) is 93.6 Å². The Balaban J connectivity index is 2.69. The van der Waals surface area contributed by atoms with Crippen molar-refractivity contribution < 1.29 is 14.6 Å². The standard InChI is InChI=1S/C13H24N4O3/c1-10-12(7-15-17(10)6-4-5-14)13(19)16(2)8-11(18)9-20-3/h7,11,18H,4-6,8-9,14H2,1-3H3. The third-order valence-corrected chi connectivity index (χ3v) is 3.10. The summed E-state index contributed by atoms with van der Waals surface area (Å²) < 4.78 is 6.62. The van der Waals surface area contributed by atoms with E-state index in [2.05, 4.69) is 5.10 Å². The molecule has 114 valence electrons. The van der Waals surface area contributed by atoms with Gasteiger partial charge in [-0.2, -0.15) is 5.10 Å². The van der Waals surface area contributed by atoms with Crippen LogP contribution in [0.5, 0.6) is 0 Å². The van der Waals surface area contributed by atoms with Crippen LogP contribution < -0.4 is 5.73 Å². The van der Waals surface area contributed by atoms with Crippen LogP contribution in [0, 0.1) is 6.92 Å². The second-order valence-electron chi connectivity index (χ2n) is 4.80. The molecule has 3 N–H and O–H groups in total. The highest BCUT2D eigenvalue weighted by Gasteiger charge is 2.19. The maximum atomic E-state index is 12.3. The maximum absolute atomic E-state index is 12.3. The van der Waals surface area contributed by atoms with Gasteiger partial charge in [0.05, 0.1) is 24.5 Å². The van der Waals surface area contributed by atoms with Gasteiger partial charge in [-0.1, -0.05) is 0 Å². The Morgan fingerprint density at radius 1 is 1.65 bits per heavy atom. The van der Waals surface area contributed by atoms with Gasteiger partial charge in [-0.25, -0.2) is 0 Å². The molecule has 0 bridgehead atoms. The summed E-state index contributed by atoms with van der Waals surface area (Å²) in [5.74, 6) is -0.156. The van der Waals surface area contributed by atoms with Crippen LogP contribution in [0.15, 0.2) is 6.20 Å². The van der Waals surface area contributed by atoms with Crippen molar-refractivity contribution in [2.24, 2.45) is 5.73 Å². The van der Waals surface area contributed by atoms with E-state index in [1.807, 2.05) is 6.92 Å². The first-order chi connectivity index (χ1) is 9.51. The highest BCUT2D eigenvalue weighted by Crippen LogP contribution is 2.10. The molecule has 0 aromatic carbocycles. The van der Waals surface area contributed by atoms with Crippen LogP contribution in [0.2, 0.25) is 0 Å². The van der Waals surface area contributed by atoms with Gasteiger partial charge in [0.2, 0.25) is 0 Å². The van der Waals surface area contributed by atoms with Gasteiger partial charge in [0, 0.05) is 32.9 Å². The number of hydrogen-bond acceptors (Lipinski definition) is 5. The van der Waals surface area contributed by atoms with Crippen molar-refractivity contribution in [1.82, 2.24) is 14.7 Å². The number of methoxy groups -OCH3 is 1. The zero-order chi connectivity index (χ0) is 15.1. The van der Waals surface area contributed by atoms with E-state index in [-0.39, 0.29) is 19.1 Å². The lowest BCUT2D eigenvalue weighted by Crippen LogP contribution is -2.36. The number of carbonyl (C=O) groups is 1. The average molecular weight is 284 g/mol. The van der Waals surface area contributed by atoms with Crippen molar-refractivity contribution in [3.05, 3.63) is 17.5 Å². The van der Waals surface area contributed by atoms with Gasteiger partial charge in [0.1, 0.15) is 0 Å². The lowest BCUT2D eigenvalue weighted by atomic mass is 10.2. The minimum atomic E-state index is -0.693. The molecule has 0 aliphatic rings. The number of amides is 1. The summed E-state index contributed by atoms with van der Waals surface area (Å²) in [6.07, 6.45) is 1.69. The van der Waals surface area contributed by atoms with Gasteiger partial charge < -0.3 is 20.5 Å². The van der Waals surface area contributed by atoms with Gasteiger partial charge >= 0.3 is 0 Å². The molecule has 7 heteroatoms. The molecular weight excluding hydrogens is 260 g/mol. The highest BCUT2D eigenvalue weighted by atomic mass is 16.5. The molecule has 0 radical (unpaired) electrons. The quantitative estimate of drug-likeness (QED) is 0.678. The molecule has 20 heavy (non-hydrogen) atoms. The minimum absolute atomic E-state index is 0.156. The van der Waals surface area contributed by atoms with E-state index in [1.54, 1.807) is 17.9 Å². The van der Waals surface area contributed by atoms with Crippen LogP contribution in [0.3, 0.4) is 0 Å². The van der Waals surface area contributed by atoms with Crippen LogP contribution in [0.4, 0.5) is 0 Å². The van der Waals surface area contributed by atoms with Crippen molar-refractivity contribution in [3.8, 4) is 0 Å². The Hall–Kier alpha value is -1.44. The van der Waals surface area contributed by atoms with Gasteiger partial charge in [-0.05, 0) is 19.9 Å². The molecule has 0 aliphatic heterocycles. The fourth-order valence-corrected chi connectivity index (χ4v) is 1.97. The van der Waals surface area contributed by atoms with E-state index < -0.39 is 6.10 Å². The van der Waals surface area contributed by atoms with Gasteiger partial charge in [0.25, 0.3) is 5.91 Å². The van der Waals surface area contributed by atoms with E-state index in [4.69, 9.17) is 10.5 Å². The number of nitrogens with two attached hydrogens (primary N) is 1. The molecule has 0 aliphatic carbocycles. The fourth-order valence-electron chi connectivity index (χ4n) is 1.97. The van der Waals surface area contributed by atoms with Gasteiger partial charge in [-0.15, -0.1) is 0 Å². The number of aliphatic hydroxyl groups excluding tert-OH is 1. The molecular formula is C13H24N4O3. The van der Waals surface area contributed by atoms with Crippen LogP contribution in [-0.2, 0) is 11.3 Å². The molecule has 0 spiro atoms. The van der Waals surface area contributed by atoms with Crippen molar-refractivity contribution >= 4 is 5.91 Å². The molecule has 0 saturated heterocycles. The van der Waals surface area contributed by atoms with Crippen molar-refractivity contribution in [1.29, 1.82) is 0 Å². The molecule has 7 nitrogen and oxygen atoms in total. The van der Waals surface area contributed by atoms with E-state index in [0.717, 1.165) is 12.1 Å². The Morgan fingerprint density at radius 3 is 2.95 bits per heavy atom. The first kappa shape index (κ1) is 16.6. The lowest BCUT2D eigenvalue weighted by Gasteiger charge is -2.20. The Morgan fingerprint density at radius 2 is 2.35 bits per heavy atom. The summed E-state index contributed by atoms with van der Waals surface area (Å²) in [5, 5.41) is 13.9. The number of carbonyl (C=O) groups excluding carboxylic acids is 1. The third-order valence-electron chi connectivity index (χ3n) is 3.10. The number of rotatable bonds is 8. The molecule has 1 unspecified atom stereocenters. The number of aliphatic hydroxyl groups is 1. The second kappa shape index (κ2) is 7.98. The van der Waals surface area contributed by atoms with Crippen molar-refractivity contribution in [2.45, 2.75) is 26.0 Å². The number of aryl methyl sites for hydroxylation is 1. The van der Waals surface area contributed by atoms with Crippen LogP contribution in [0.25, 0.3) is 0 Å². The molecule has 1 amide bonds. The normalized spacial score (nSPS) is 12.4. The largest absolute Gasteiger partial charge is 0.389 e. The summed E-state index contributed by atoms with van der Waals surface area (Å²) >= 11 is 0. The van der Waals surface area contributed by atoms with Crippen LogP contribution in [0.1, 0.15) is 22.5 Å². The fraction of sp³-hybridized carbons (Fsp3) is 0.692. The zero-order valence-corrected chi connectivity index (χ0v) is 12.4. The summed E-state index contributed by atoms with van der Waals surface area (Å²) in [6.45, 7) is 3.57. The minimum Gasteiger partial charge on any atom is -0.389 e. The third kappa shape index (κ3) is 4.29. The number of likely N-dealkylation sites (N-methyl/N-ethyl adjacent to an activating group) is 1. The Labute approximate surface area is 119 Å². The first-order valence-electron chi connectivity index (χ1n) is 6.66. The van der Waals surface area contributed by atoms with Crippen molar-refractivity contribution in [3.63, 3.8) is 0 Å². The van der Waals surface area contributed by atoms with E-state index in [0.29, 0.717) is 18.7 Å². The maximum Gasteiger partial charge on any atom is 0.257 e. The van der Waals surface area contributed by atoms with Crippen LogP contribution in [-0.4, -0.2) is 65.7 Å².